The van der Waals surface area contributed by atoms with Gasteiger partial charge in [-0.2, -0.15) is 5.10 Å². The van der Waals surface area contributed by atoms with Crippen LogP contribution in [0.2, 0.25) is 0 Å². The van der Waals surface area contributed by atoms with Gasteiger partial charge in [-0.15, -0.1) is 0 Å². The number of hydrogen-bond donors (Lipinski definition) is 0. The third-order valence-corrected chi connectivity index (χ3v) is 3.33. The fourth-order valence-electron chi connectivity index (χ4n) is 1.87. The van der Waals surface area contributed by atoms with Crippen molar-refractivity contribution in [3.63, 3.8) is 0 Å². The summed E-state index contributed by atoms with van der Waals surface area (Å²) in [7, 11) is 1.21. The first-order valence-electron chi connectivity index (χ1n) is 5.85. The van der Waals surface area contributed by atoms with Gasteiger partial charge >= 0.3 is 5.97 Å². The Kier molecular flexibility index (Phi) is 4.17. The van der Waals surface area contributed by atoms with Gasteiger partial charge in [0.25, 0.3) is 5.56 Å². The van der Waals surface area contributed by atoms with Crippen molar-refractivity contribution in [2.24, 2.45) is 0 Å². The number of alkyl halides is 1. The molecule has 7 heteroatoms. The molecule has 0 spiro atoms. The van der Waals surface area contributed by atoms with E-state index in [1.807, 2.05) is 0 Å². The Morgan fingerprint density at radius 1 is 1.50 bits per heavy atom. The van der Waals surface area contributed by atoms with Gasteiger partial charge in [0.15, 0.2) is 0 Å². The first-order chi connectivity index (χ1) is 9.43. The van der Waals surface area contributed by atoms with E-state index in [-0.39, 0.29) is 12.2 Å². The maximum atomic E-state index is 13.7. The standard InChI is InChI=1S/C13H12BrFN2O3/c1-7(15)12-9-4-3-8(14)5-10(9)13(19)17(16-12)6-11(18)20-2/h3-5,7H,6H2,1-2H3. The van der Waals surface area contributed by atoms with E-state index in [2.05, 4.69) is 25.8 Å². The molecule has 1 aromatic heterocycles. The summed E-state index contributed by atoms with van der Waals surface area (Å²) >= 11 is 3.26. The Bertz CT molecular complexity index is 727. The second-order valence-electron chi connectivity index (χ2n) is 4.23. The minimum atomic E-state index is -1.36. The predicted octanol–water partition coefficient (Wildman–Crippen LogP) is 2.36. The Morgan fingerprint density at radius 3 is 2.80 bits per heavy atom. The molecule has 0 amide bonds. The number of nitrogens with zero attached hydrogens (tertiary/aromatic N) is 2. The Hall–Kier alpha value is -1.76. The van der Waals surface area contributed by atoms with E-state index in [4.69, 9.17) is 0 Å². The van der Waals surface area contributed by atoms with Crippen LogP contribution in [0.15, 0.2) is 27.5 Å². The van der Waals surface area contributed by atoms with Crippen molar-refractivity contribution in [1.82, 2.24) is 9.78 Å². The fourth-order valence-corrected chi connectivity index (χ4v) is 2.23. The first-order valence-corrected chi connectivity index (χ1v) is 6.64. The minimum Gasteiger partial charge on any atom is -0.468 e. The lowest BCUT2D eigenvalue weighted by Crippen LogP contribution is -2.28. The van der Waals surface area contributed by atoms with Crippen LogP contribution in [0.25, 0.3) is 10.8 Å². The lowest BCUT2D eigenvalue weighted by Gasteiger charge is -2.11. The van der Waals surface area contributed by atoms with Gasteiger partial charge in [-0.05, 0) is 19.1 Å². The van der Waals surface area contributed by atoms with Crippen LogP contribution in [0, 0.1) is 0 Å². The number of ether oxygens (including phenoxy) is 1. The molecule has 1 atom stereocenters. The van der Waals surface area contributed by atoms with Crippen molar-refractivity contribution in [2.45, 2.75) is 19.6 Å². The Labute approximate surface area is 122 Å². The molecule has 0 saturated carbocycles. The first kappa shape index (κ1) is 14.6. The van der Waals surface area contributed by atoms with Crippen molar-refractivity contribution in [3.05, 3.63) is 38.7 Å². The van der Waals surface area contributed by atoms with Crippen LogP contribution in [0.5, 0.6) is 0 Å². The van der Waals surface area contributed by atoms with Gasteiger partial charge in [0, 0.05) is 9.86 Å². The van der Waals surface area contributed by atoms with Crippen molar-refractivity contribution in [2.75, 3.05) is 7.11 Å². The van der Waals surface area contributed by atoms with E-state index in [0.717, 1.165) is 4.68 Å². The zero-order chi connectivity index (χ0) is 14.9. The van der Waals surface area contributed by atoms with Crippen LogP contribution in [0.4, 0.5) is 4.39 Å². The molecule has 2 aromatic rings. The van der Waals surface area contributed by atoms with Crippen molar-refractivity contribution >= 4 is 32.7 Å². The van der Waals surface area contributed by atoms with E-state index in [9.17, 15) is 14.0 Å². The summed E-state index contributed by atoms with van der Waals surface area (Å²) in [6.07, 6.45) is -1.36. The van der Waals surface area contributed by atoms with Crippen LogP contribution in [-0.4, -0.2) is 22.9 Å². The smallest absolute Gasteiger partial charge is 0.327 e. The summed E-state index contributed by atoms with van der Waals surface area (Å²) in [5.74, 6) is -0.619. The van der Waals surface area contributed by atoms with Crippen molar-refractivity contribution in [3.8, 4) is 0 Å². The van der Waals surface area contributed by atoms with Crippen LogP contribution < -0.4 is 5.56 Å². The molecular formula is C13H12BrFN2O3. The molecule has 0 bridgehead atoms. The number of methoxy groups -OCH3 is 1. The van der Waals surface area contributed by atoms with Crippen molar-refractivity contribution in [1.29, 1.82) is 0 Å². The van der Waals surface area contributed by atoms with Crippen LogP contribution >= 0.6 is 15.9 Å². The highest BCUT2D eigenvalue weighted by Gasteiger charge is 2.17. The van der Waals surface area contributed by atoms with Gasteiger partial charge in [-0.1, -0.05) is 22.0 Å². The highest BCUT2D eigenvalue weighted by Crippen LogP contribution is 2.24. The Morgan fingerprint density at radius 2 is 2.20 bits per heavy atom. The average molecular weight is 343 g/mol. The maximum absolute atomic E-state index is 13.7. The molecule has 2 rings (SSSR count). The molecule has 0 fully saturated rings. The Balaban J connectivity index is 2.74. The van der Waals surface area contributed by atoms with Gasteiger partial charge < -0.3 is 4.74 Å². The number of carbonyl (C=O) groups is 1. The fraction of sp³-hybridized carbons (Fsp3) is 0.308. The van der Waals surface area contributed by atoms with Crippen LogP contribution in [0.3, 0.4) is 0 Å². The molecule has 0 aliphatic heterocycles. The number of esters is 1. The summed E-state index contributed by atoms with van der Waals surface area (Å²) in [5, 5.41) is 4.67. The molecule has 0 saturated heterocycles. The maximum Gasteiger partial charge on any atom is 0.327 e. The summed E-state index contributed by atoms with van der Waals surface area (Å²) in [6.45, 7) is 0.980. The zero-order valence-electron chi connectivity index (χ0n) is 10.9. The number of hydrogen-bond acceptors (Lipinski definition) is 4. The molecule has 5 nitrogen and oxygen atoms in total. The number of fused-ring (bicyclic) bond motifs is 1. The summed E-state index contributed by atoms with van der Waals surface area (Å²) in [6, 6.07) is 4.92. The highest BCUT2D eigenvalue weighted by atomic mass is 79.9. The lowest BCUT2D eigenvalue weighted by molar-refractivity contribution is -0.141. The molecule has 20 heavy (non-hydrogen) atoms. The third-order valence-electron chi connectivity index (χ3n) is 2.83. The second-order valence-corrected chi connectivity index (χ2v) is 5.15. The van der Waals surface area contributed by atoms with Crippen LogP contribution in [-0.2, 0) is 16.1 Å². The van der Waals surface area contributed by atoms with Gasteiger partial charge in [0.05, 0.1) is 12.5 Å². The number of rotatable bonds is 3. The molecule has 0 radical (unpaired) electrons. The number of carbonyl (C=O) groups excluding carboxylic acids is 1. The topological polar surface area (TPSA) is 61.2 Å². The summed E-state index contributed by atoms with van der Waals surface area (Å²) in [5.41, 5.74) is -0.341. The second kappa shape index (κ2) is 5.70. The lowest BCUT2D eigenvalue weighted by atomic mass is 10.1. The number of benzene rings is 1. The molecule has 1 heterocycles. The number of halogens is 2. The van der Waals surface area contributed by atoms with Gasteiger partial charge in [-0.25, -0.2) is 9.07 Å². The monoisotopic (exact) mass is 342 g/mol. The average Bonchev–Trinajstić information content (AvgIpc) is 2.41. The zero-order valence-corrected chi connectivity index (χ0v) is 12.5. The molecule has 1 unspecified atom stereocenters. The normalized spacial score (nSPS) is 12.4. The number of aromatic nitrogens is 2. The summed E-state index contributed by atoms with van der Waals surface area (Å²) < 4.78 is 19.8. The van der Waals surface area contributed by atoms with E-state index < -0.39 is 17.7 Å². The largest absolute Gasteiger partial charge is 0.468 e. The molecule has 0 aliphatic carbocycles. The molecule has 0 aliphatic rings. The molecular weight excluding hydrogens is 331 g/mol. The van der Waals surface area contributed by atoms with E-state index >= 15 is 0 Å². The predicted molar refractivity (Wildman–Crippen MR) is 75.2 cm³/mol. The van der Waals surface area contributed by atoms with E-state index in [1.54, 1.807) is 18.2 Å². The molecule has 106 valence electrons. The SMILES string of the molecule is COC(=O)Cn1nc(C(C)F)c2ccc(Br)cc2c1=O. The van der Waals surface area contributed by atoms with Gasteiger partial charge in [0.1, 0.15) is 18.4 Å². The molecule has 0 N–H and O–H groups in total. The van der Waals surface area contributed by atoms with E-state index in [1.165, 1.54) is 14.0 Å². The van der Waals surface area contributed by atoms with Crippen LogP contribution in [0.1, 0.15) is 18.8 Å². The quantitative estimate of drug-likeness (QED) is 0.803. The highest BCUT2D eigenvalue weighted by molar-refractivity contribution is 9.10. The van der Waals surface area contributed by atoms with Gasteiger partial charge in [0.2, 0.25) is 0 Å². The van der Waals surface area contributed by atoms with Crippen molar-refractivity contribution < 1.29 is 13.9 Å². The molecule has 1 aromatic carbocycles. The summed E-state index contributed by atoms with van der Waals surface area (Å²) in [4.78, 5) is 23.5. The van der Waals surface area contributed by atoms with Gasteiger partial charge in [-0.3, -0.25) is 9.59 Å². The van der Waals surface area contributed by atoms with E-state index in [0.29, 0.717) is 15.2 Å². The third kappa shape index (κ3) is 2.72. The minimum absolute atomic E-state index is 0.121.